The van der Waals surface area contributed by atoms with Crippen LogP contribution in [-0.2, 0) is 11.2 Å². The van der Waals surface area contributed by atoms with Crippen molar-refractivity contribution >= 4 is 36.4 Å². The molecule has 1 aliphatic rings. The van der Waals surface area contributed by atoms with Crippen LogP contribution >= 0.6 is 24.8 Å². The highest BCUT2D eigenvalue weighted by Gasteiger charge is 2.27. The van der Waals surface area contributed by atoms with Crippen LogP contribution in [-0.4, -0.2) is 44.1 Å². The van der Waals surface area contributed by atoms with E-state index < -0.39 is 0 Å². The maximum atomic E-state index is 12.9. The average molecular weight is 426 g/mol. The summed E-state index contributed by atoms with van der Waals surface area (Å²) >= 11 is 0. The molecule has 0 radical (unpaired) electrons. The van der Waals surface area contributed by atoms with Gasteiger partial charge in [-0.15, -0.1) is 24.8 Å². The van der Waals surface area contributed by atoms with Gasteiger partial charge in [-0.3, -0.25) is 4.79 Å². The zero-order valence-corrected chi connectivity index (χ0v) is 17.9. The van der Waals surface area contributed by atoms with E-state index in [1.165, 1.54) is 11.1 Å². The summed E-state index contributed by atoms with van der Waals surface area (Å²) in [5, 5.41) is 6.62. The summed E-state index contributed by atoms with van der Waals surface area (Å²) in [5.41, 5.74) is 3.33. The van der Waals surface area contributed by atoms with Crippen LogP contribution in [0.3, 0.4) is 0 Å². The van der Waals surface area contributed by atoms with Crippen LogP contribution < -0.4 is 15.4 Å². The third-order valence-corrected chi connectivity index (χ3v) is 4.87. The molecule has 1 fully saturated rings. The smallest absolute Gasteiger partial charge is 0.242 e. The van der Waals surface area contributed by atoms with E-state index >= 15 is 0 Å². The van der Waals surface area contributed by atoms with Gasteiger partial charge in [0, 0.05) is 19.6 Å². The van der Waals surface area contributed by atoms with Crippen LogP contribution in [0.4, 0.5) is 5.69 Å². The Hall–Kier alpha value is -1.95. The number of carbonyl (C=O) groups excluding carboxylic acids is 1. The van der Waals surface area contributed by atoms with Crippen molar-refractivity contribution in [2.24, 2.45) is 0 Å². The highest BCUT2D eigenvalue weighted by Crippen LogP contribution is 2.25. The van der Waals surface area contributed by atoms with E-state index in [1.54, 1.807) is 7.11 Å². The number of para-hydroxylation sites is 2. The van der Waals surface area contributed by atoms with E-state index in [2.05, 4.69) is 41.8 Å². The number of nitrogens with one attached hydrogen (secondary N) is 2. The van der Waals surface area contributed by atoms with Gasteiger partial charge in [-0.05, 0) is 29.7 Å². The summed E-state index contributed by atoms with van der Waals surface area (Å²) in [7, 11) is 1.63. The van der Waals surface area contributed by atoms with Crippen LogP contribution in [0.25, 0.3) is 0 Å². The molecule has 5 nitrogen and oxygen atoms in total. The van der Waals surface area contributed by atoms with Crippen molar-refractivity contribution < 1.29 is 9.53 Å². The molecule has 0 spiro atoms. The molecule has 2 N–H and O–H groups in total. The van der Waals surface area contributed by atoms with E-state index in [-0.39, 0.29) is 43.3 Å². The molecule has 2 aromatic rings. The van der Waals surface area contributed by atoms with E-state index in [1.807, 2.05) is 29.2 Å². The van der Waals surface area contributed by atoms with E-state index in [9.17, 15) is 4.79 Å². The molecule has 1 atom stereocenters. The number of nitrogens with zero attached hydrogens (tertiary/aromatic N) is 1. The molecule has 2 aromatic carbocycles. The number of rotatable bonds is 6. The van der Waals surface area contributed by atoms with Crippen LogP contribution in [0, 0.1) is 0 Å². The molecule has 3 rings (SSSR count). The quantitative estimate of drug-likeness (QED) is 0.740. The van der Waals surface area contributed by atoms with Crippen molar-refractivity contribution in [3.63, 3.8) is 0 Å². The summed E-state index contributed by atoms with van der Waals surface area (Å²) in [6.45, 7) is 4.73. The van der Waals surface area contributed by atoms with Gasteiger partial charge < -0.3 is 20.3 Å². The van der Waals surface area contributed by atoms with E-state index in [4.69, 9.17) is 4.74 Å². The lowest BCUT2D eigenvalue weighted by Crippen LogP contribution is -2.50. The Balaban J connectivity index is 0.00000196. The largest absolute Gasteiger partial charge is 0.495 e. The number of methoxy groups -OCH3 is 1. The molecule has 1 unspecified atom stereocenters. The Morgan fingerprint density at radius 1 is 1.18 bits per heavy atom. The Morgan fingerprint density at radius 3 is 2.57 bits per heavy atom. The Morgan fingerprint density at radius 2 is 1.89 bits per heavy atom. The van der Waals surface area contributed by atoms with Crippen molar-refractivity contribution in [3.05, 3.63) is 59.7 Å². The molecule has 1 saturated heterocycles. The molecule has 0 saturated carbocycles. The number of carbonyl (C=O) groups is 1. The highest BCUT2D eigenvalue weighted by molar-refractivity contribution is 5.85. The van der Waals surface area contributed by atoms with Gasteiger partial charge in [-0.2, -0.15) is 0 Å². The van der Waals surface area contributed by atoms with E-state index in [0.717, 1.165) is 30.9 Å². The zero-order valence-electron chi connectivity index (χ0n) is 16.3. The molecule has 0 aliphatic carbocycles. The third kappa shape index (κ3) is 5.77. The minimum atomic E-state index is 0. The minimum absolute atomic E-state index is 0. The molecule has 1 heterocycles. The number of ether oxygens (including phenoxy) is 1. The van der Waals surface area contributed by atoms with Crippen molar-refractivity contribution in [1.82, 2.24) is 10.2 Å². The molecule has 7 heteroatoms. The standard InChI is InChI=1S/C21H27N3O2.2ClH/c1-3-16-8-10-17(11-9-16)19-14-22-12-13-24(19)21(25)15-23-18-6-4-5-7-20(18)26-2;;/h4-11,19,22-23H,3,12-15H2,1-2H3;2*1H. The number of hydrogen-bond acceptors (Lipinski definition) is 4. The lowest BCUT2D eigenvalue weighted by atomic mass is 10.0. The summed E-state index contributed by atoms with van der Waals surface area (Å²) in [4.78, 5) is 14.8. The predicted octanol–water partition coefficient (Wildman–Crippen LogP) is 3.69. The Bertz CT molecular complexity index is 741. The van der Waals surface area contributed by atoms with Crippen molar-refractivity contribution in [2.45, 2.75) is 19.4 Å². The monoisotopic (exact) mass is 425 g/mol. The zero-order chi connectivity index (χ0) is 18.4. The third-order valence-electron chi connectivity index (χ3n) is 4.87. The van der Waals surface area contributed by atoms with Crippen LogP contribution in [0.1, 0.15) is 24.1 Å². The van der Waals surface area contributed by atoms with Crippen molar-refractivity contribution in [3.8, 4) is 5.75 Å². The van der Waals surface area contributed by atoms with Gasteiger partial charge in [0.1, 0.15) is 5.75 Å². The number of piperazine rings is 1. The maximum Gasteiger partial charge on any atom is 0.242 e. The fourth-order valence-electron chi connectivity index (χ4n) is 3.34. The van der Waals surface area contributed by atoms with Gasteiger partial charge in [0.25, 0.3) is 0 Å². The molecule has 28 heavy (non-hydrogen) atoms. The van der Waals surface area contributed by atoms with Crippen molar-refractivity contribution in [1.29, 1.82) is 0 Å². The minimum Gasteiger partial charge on any atom is -0.495 e. The number of hydrogen-bond donors (Lipinski definition) is 2. The molecule has 0 aromatic heterocycles. The van der Waals surface area contributed by atoms with Crippen LogP contribution in [0.5, 0.6) is 5.75 Å². The molecular weight excluding hydrogens is 397 g/mol. The molecule has 1 amide bonds. The first-order valence-corrected chi connectivity index (χ1v) is 9.19. The number of anilines is 1. The van der Waals surface area contributed by atoms with Gasteiger partial charge in [-0.1, -0.05) is 43.3 Å². The average Bonchev–Trinajstić information content (AvgIpc) is 2.72. The first-order valence-electron chi connectivity index (χ1n) is 9.19. The lowest BCUT2D eigenvalue weighted by Gasteiger charge is -2.37. The first kappa shape index (κ1) is 24.1. The second-order valence-corrected chi connectivity index (χ2v) is 6.46. The molecule has 0 bridgehead atoms. The van der Waals surface area contributed by atoms with Gasteiger partial charge in [0.2, 0.25) is 5.91 Å². The fourth-order valence-corrected chi connectivity index (χ4v) is 3.34. The highest BCUT2D eigenvalue weighted by atomic mass is 35.5. The second-order valence-electron chi connectivity index (χ2n) is 6.46. The number of benzene rings is 2. The summed E-state index contributed by atoms with van der Waals surface area (Å²) in [6.07, 6.45) is 1.02. The fraction of sp³-hybridized carbons (Fsp3) is 0.381. The predicted molar refractivity (Wildman–Crippen MR) is 119 cm³/mol. The topological polar surface area (TPSA) is 53.6 Å². The lowest BCUT2D eigenvalue weighted by molar-refractivity contribution is -0.132. The Labute approximate surface area is 179 Å². The molecular formula is C21H29Cl2N3O2. The Kier molecular flexibility index (Phi) is 10.1. The van der Waals surface area contributed by atoms with E-state index in [0.29, 0.717) is 6.54 Å². The summed E-state index contributed by atoms with van der Waals surface area (Å²) < 4.78 is 5.34. The van der Waals surface area contributed by atoms with Gasteiger partial charge in [0.15, 0.2) is 0 Å². The summed E-state index contributed by atoms with van der Waals surface area (Å²) in [6, 6.07) is 16.3. The number of amides is 1. The van der Waals surface area contributed by atoms with Gasteiger partial charge in [-0.25, -0.2) is 0 Å². The normalized spacial score (nSPS) is 15.8. The second kappa shape index (κ2) is 11.8. The van der Waals surface area contributed by atoms with Gasteiger partial charge >= 0.3 is 0 Å². The number of halogens is 2. The van der Waals surface area contributed by atoms with Crippen molar-refractivity contribution in [2.75, 3.05) is 38.6 Å². The first-order chi connectivity index (χ1) is 12.7. The SMILES string of the molecule is CCc1ccc(C2CNCCN2C(=O)CNc2ccccc2OC)cc1.Cl.Cl. The van der Waals surface area contributed by atoms with Crippen LogP contribution in [0.2, 0.25) is 0 Å². The number of aryl methyl sites for hydroxylation is 1. The molecule has 1 aliphatic heterocycles. The summed E-state index contributed by atoms with van der Waals surface area (Å²) in [5.74, 6) is 0.842. The van der Waals surface area contributed by atoms with Crippen LogP contribution in [0.15, 0.2) is 48.5 Å². The molecule has 154 valence electrons. The maximum absolute atomic E-state index is 12.9. The van der Waals surface area contributed by atoms with Gasteiger partial charge in [0.05, 0.1) is 25.4 Å².